The zero-order valence-electron chi connectivity index (χ0n) is 15.2. The van der Waals surface area contributed by atoms with Gasteiger partial charge in [0.25, 0.3) is 0 Å². The van der Waals surface area contributed by atoms with E-state index in [1.54, 1.807) is 25.5 Å². The first-order valence-corrected chi connectivity index (χ1v) is 9.02. The van der Waals surface area contributed by atoms with Crippen LogP contribution >= 0.6 is 0 Å². The fourth-order valence-corrected chi connectivity index (χ4v) is 3.50. The molecule has 3 aromatic rings. The van der Waals surface area contributed by atoms with Gasteiger partial charge < -0.3 is 14.5 Å². The number of hydrogen-bond donors (Lipinski definition) is 1. The molecule has 1 atom stereocenters. The SMILES string of the molecule is COc1ccccc1C1CNCCN1Cc1coc(-c2ccc(F)cc2)n1. The van der Waals surface area contributed by atoms with E-state index in [-0.39, 0.29) is 11.9 Å². The van der Waals surface area contributed by atoms with Crippen molar-refractivity contribution in [2.45, 2.75) is 12.6 Å². The van der Waals surface area contributed by atoms with E-state index in [0.717, 1.165) is 42.2 Å². The van der Waals surface area contributed by atoms with E-state index in [9.17, 15) is 4.39 Å². The van der Waals surface area contributed by atoms with Gasteiger partial charge in [0.05, 0.1) is 18.8 Å². The van der Waals surface area contributed by atoms with E-state index in [4.69, 9.17) is 9.15 Å². The standard InChI is InChI=1S/C21H22FN3O2/c1-26-20-5-3-2-4-18(20)19-12-23-10-11-25(19)13-17-14-27-21(24-17)15-6-8-16(22)9-7-15/h2-9,14,19,23H,10-13H2,1H3. The molecule has 1 saturated heterocycles. The maximum Gasteiger partial charge on any atom is 0.226 e. The van der Waals surface area contributed by atoms with E-state index in [1.165, 1.54) is 12.1 Å². The smallest absolute Gasteiger partial charge is 0.226 e. The van der Waals surface area contributed by atoms with Gasteiger partial charge >= 0.3 is 0 Å². The predicted molar refractivity (Wildman–Crippen MR) is 101 cm³/mol. The highest BCUT2D eigenvalue weighted by molar-refractivity contribution is 5.52. The van der Waals surface area contributed by atoms with Gasteiger partial charge in [0.15, 0.2) is 0 Å². The molecule has 140 valence electrons. The lowest BCUT2D eigenvalue weighted by atomic mass is 10.0. The quantitative estimate of drug-likeness (QED) is 0.746. The topological polar surface area (TPSA) is 50.5 Å². The molecule has 2 heterocycles. The van der Waals surface area contributed by atoms with Crippen molar-refractivity contribution in [3.8, 4) is 17.2 Å². The molecule has 27 heavy (non-hydrogen) atoms. The van der Waals surface area contributed by atoms with Gasteiger partial charge in [-0.05, 0) is 30.3 Å². The lowest BCUT2D eigenvalue weighted by Crippen LogP contribution is -2.45. The molecule has 1 fully saturated rings. The molecule has 4 rings (SSSR count). The van der Waals surface area contributed by atoms with E-state index in [2.05, 4.69) is 21.3 Å². The summed E-state index contributed by atoms with van der Waals surface area (Å²) in [5, 5.41) is 3.46. The van der Waals surface area contributed by atoms with Crippen molar-refractivity contribution < 1.29 is 13.5 Å². The number of piperazine rings is 1. The minimum atomic E-state index is -0.272. The van der Waals surface area contributed by atoms with Crippen LogP contribution in [0.4, 0.5) is 4.39 Å². The molecular formula is C21H22FN3O2. The van der Waals surface area contributed by atoms with Gasteiger partial charge in [0, 0.05) is 37.3 Å². The summed E-state index contributed by atoms with van der Waals surface area (Å²) in [7, 11) is 1.70. The summed E-state index contributed by atoms with van der Waals surface area (Å²) in [5.41, 5.74) is 2.79. The average Bonchev–Trinajstić information content (AvgIpc) is 3.17. The number of hydrogen-bond acceptors (Lipinski definition) is 5. The molecule has 0 bridgehead atoms. The number of nitrogens with one attached hydrogen (secondary N) is 1. The molecule has 1 aromatic heterocycles. The molecule has 0 amide bonds. The molecule has 1 aliphatic rings. The van der Waals surface area contributed by atoms with Crippen LogP contribution in [-0.4, -0.2) is 36.6 Å². The number of para-hydroxylation sites is 1. The summed E-state index contributed by atoms with van der Waals surface area (Å²) >= 11 is 0. The molecule has 2 aromatic carbocycles. The van der Waals surface area contributed by atoms with E-state index in [1.807, 2.05) is 18.2 Å². The number of nitrogens with zero attached hydrogens (tertiary/aromatic N) is 2. The number of rotatable bonds is 5. The highest BCUT2D eigenvalue weighted by atomic mass is 19.1. The third kappa shape index (κ3) is 3.86. The van der Waals surface area contributed by atoms with Crippen LogP contribution in [0, 0.1) is 5.82 Å². The van der Waals surface area contributed by atoms with Crippen LogP contribution < -0.4 is 10.1 Å². The van der Waals surface area contributed by atoms with Gasteiger partial charge in [-0.15, -0.1) is 0 Å². The zero-order valence-corrected chi connectivity index (χ0v) is 15.2. The normalized spacial score (nSPS) is 17.8. The molecular weight excluding hydrogens is 345 g/mol. The van der Waals surface area contributed by atoms with Gasteiger partial charge in [-0.2, -0.15) is 0 Å². The number of ether oxygens (including phenoxy) is 1. The van der Waals surface area contributed by atoms with Crippen molar-refractivity contribution in [3.63, 3.8) is 0 Å². The first kappa shape index (κ1) is 17.7. The Balaban J connectivity index is 1.54. The first-order valence-electron chi connectivity index (χ1n) is 9.02. The molecule has 0 aliphatic carbocycles. The molecule has 1 unspecified atom stereocenters. The Morgan fingerprint density at radius 2 is 2.04 bits per heavy atom. The van der Waals surface area contributed by atoms with Crippen LogP contribution in [0.2, 0.25) is 0 Å². The van der Waals surface area contributed by atoms with Crippen molar-refractivity contribution in [3.05, 3.63) is 71.9 Å². The summed E-state index contributed by atoms with van der Waals surface area (Å²) < 4.78 is 24.3. The molecule has 5 nitrogen and oxygen atoms in total. The van der Waals surface area contributed by atoms with Crippen LogP contribution in [0.15, 0.2) is 59.2 Å². The molecule has 1 aliphatic heterocycles. The second-order valence-electron chi connectivity index (χ2n) is 6.58. The Morgan fingerprint density at radius 1 is 1.22 bits per heavy atom. The van der Waals surface area contributed by atoms with Gasteiger partial charge in [0.2, 0.25) is 5.89 Å². The van der Waals surface area contributed by atoms with Crippen LogP contribution in [0.5, 0.6) is 5.75 Å². The summed E-state index contributed by atoms with van der Waals surface area (Å²) in [4.78, 5) is 6.97. The Morgan fingerprint density at radius 3 is 2.85 bits per heavy atom. The predicted octanol–water partition coefficient (Wildman–Crippen LogP) is 3.64. The average molecular weight is 367 g/mol. The number of halogens is 1. The Bertz CT molecular complexity index is 894. The Labute approximate surface area is 157 Å². The molecule has 1 N–H and O–H groups in total. The fraction of sp³-hybridized carbons (Fsp3) is 0.286. The summed E-state index contributed by atoms with van der Waals surface area (Å²) in [5.74, 6) is 1.13. The van der Waals surface area contributed by atoms with Gasteiger partial charge in [0.1, 0.15) is 17.8 Å². The van der Waals surface area contributed by atoms with Crippen molar-refractivity contribution in [1.82, 2.24) is 15.2 Å². The monoisotopic (exact) mass is 367 g/mol. The van der Waals surface area contributed by atoms with Crippen molar-refractivity contribution in [1.29, 1.82) is 0 Å². The van der Waals surface area contributed by atoms with E-state index >= 15 is 0 Å². The second kappa shape index (κ2) is 7.90. The maximum atomic E-state index is 13.1. The zero-order chi connectivity index (χ0) is 18.6. The number of aromatic nitrogens is 1. The van der Waals surface area contributed by atoms with E-state index < -0.39 is 0 Å². The number of methoxy groups -OCH3 is 1. The van der Waals surface area contributed by atoms with Crippen molar-refractivity contribution in [2.24, 2.45) is 0 Å². The van der Waals surface area contributed by atoms with Crippen LogP contribution in [0.25, 0.3) is 11.5 Å². The van der Waals surface area contributed by atoms with Crippen LogP contribution in [0.1, 0.15) is 17.3 Å². The lowest BCUT2D eigenvalue weighted by Gasteiger charge is -2.36. The van der Waals surface area contributed by atoms with Crippen molar-refractivity contribution in [2.75, 3.05) is 26.7 Å². The van der Waals surface area contributed by atoms with Crippen molar-refractivity contribution >= 4 is 0 Å². The molecule has 0 radical (unpaired) electrons. The van der Waals surface area contributed by atoms with Crippen LogP contribution in [0.3, 0.4) is 0 Å². The summed E-state index contributed by atoms with van der Waals surface area (Å²) in [6.45, 7) is 3.36. The lowest BCUT2D eigenvalue weighted by molar-refractivity contribution is 0.149. The summed E-state index contributed by atoms with van der Waals surface area (Å²) in [6.07, 6.45) is 1.68. The second-order valence-corrected chi connectivity index (χ2v) is 6.58. The minimum Gasteiger partial charge on any atom is -0.496 e. The van der Waals surface area contributed by atoms with Crippen LogP contribution in [-0.2, 0) is 6.54 Å². The van der Waals surface area contributed by atoms with Gasteiger partial charge in [-0.25, -0.2) is 9.37 Å². The number of benzene rings is 2. The Kier molecular flexibility index (Phi) is 5.18. The number of oxazole rings is 1. The summed E-state index contributed by atoms with van der Waals surface area (Å²) in [6, 6.07) is 14.5. The Hall–Kier alpha value is -2.70. The fourth-order valence-electron chi connectivity index (χ4n) is 3.50. The molecule has 0 spiro atoms. The van der Waals surface area contributed by atoms with E-state index in [0.29, 0.717) is 12.4 Å². The first-order chi connectivity index (χ1) is 13.2. The maximum absolute atomic E-state index is 13.1. The molecule has 6 heteroatoms. The van der Waals surface area contributed by atoms with Gasteiger partial charge in [-0.1, -0.05) is 18.2 Å². The van der Waals surface area contributed by atoms with Gasteiger partial charge in [-0.3, -0.25) is 4.90 Å². The third-order valence-electron chi connectivity index (χ3n) is 4.86. The third-order valence-corrected chi connectivity index (χ3v) is 4.86. The highest BCUT2D eigenvalue weighted by Crippen LogP contribution is 2.31. The highest BCUT2D eigenvalue weighted by Gasteiger charge is 2.27. The molecule has 0 saturated carbocycles. The largest absolute Gasteiger partial charge is 0.496 e. The minimum absolute atomic E-state index is 0.195.